The number of carbonyl (C=O) groups is 1. The first-order chi connectivity index (χ1) is 10.6. The van der Waals surface area contributed by atoms with Crippen LogP contribution in [0.4, 0.5) is 5.69 Å². The molecular formula is C17H24N2O3. The quantitative estimate of drug-likeness (QED) is 0.825. The van der Waals surface area contributed by atoms with E-state index in [1.165, 1.54) is 11.3 Å². The summed E-state index contributed by atoms with van der Waals surface area (Å²) in [4.78, 5) is 14.1. The number of ether oxygens (including phenoxy) is 1. The molecular weight excluding hydrogens is 280 g/mol. The molecule has 0 fully saturated rings. The van der Waals surface area contributed by atoms with Crippen molar-refractivity contribution in [2.45, 2.75) is 45.1 Å². The van der Waals surface area contributed by atoms with E-state index in [-0.39, 0.29) is 0 Å². The van der Waals surface area contributed by atoms with E-state index in [0.717, 1.165) is 49.9 Å². The largest absolute Gasteiger partial charge is 0.507 e. The van der Waals surface area contributed by atoms with Gasteiger partial charge in [-0.05, 0) is 49.8 Å². The zero-order valence-electron chi connectivity index (χ0n) is 13.1. The summed E-state index contributed by atoms with van der Waals surface area (Å²) in [7, 11) is 0. The number of rotatable bonds is 4. The van der Waals surface area contributed by atoms with Crippen LogP contribution in [-0.4, -0.2) is 36.8 Å². The minimum Gasteiger partial charge on any atom is -0.507 e. The smallest absolute Gasteiger partial charge is 0.323 e. The predicted molar refractivity (Wildman–Crippen MR) is 85.3 cm³/mol. The minimum absolute atomic E-state index is 0.322. The third-order valence-electron chi connectivity index (χ3n) is 4.60. The number of nitrogens with zero attached hydrogens (tertiary/aromatic N) is 1. The van der Waals surface area contributed by atoms with Gasteiger partial charge in [0.05, 0.1) is 6.61 Å². The van der Waals surface area contributed by atoms with Crippen LogP contribution in [0.25, 0.3) is 0 Å². The van der Waals surface area contributed by atoms with Gasteiger partial charge in [-0.15, -0.1) is 0 Å². The van der Waals surface area contributed by atoms with Crippen LogP contribution in [0.5, 0.6) is 5.75 Å². The van der Waals surface area contributed by atoms with Gasteiger partial charge in [0, 0.05) is 30.8 Å². The number of phenols is 1. The molecule has 0 spiro atoms. The van der Waals surface area contributed by atoms with Crippen molar-refractivity contribution in [1.29, 1.82) is 0 Å². The standard InChI is InChI=1S/C17H24N2O3/c1-2-22-17(21)14(18)10-12-9-11-5-3-7-19-8-4-6-13(15(11)19)16(12)20/h9,14,20H,2-8,10,18H2,1H3. The SMILES string of the molecule is CCOC(=O)C(N)Cc1cc2c3c(c1O)CCCN3CCC2. The highest BCUT2D eigenvalue weighted by Crippen LogP contribution is 2.42. The number of hydrogen-bond donors (Lipinski definition) is 2. The number of benzene rings is 1. The van der Waals surface area contributed by atoms with Gasteiger partial charge in [0.2, 0.25) is 0 Å². The number of aryl methyl sites for hydroxylation is 1. The van der Waals surface area contributed by atoms with Gasteiger partial charge in [-0.3, -0.25) is 4.79 Å². The van der Waals surface area contributed by atoms with Crippen LogP contribution in [0.3, 0.4) is 0 Å². The van der Waals surface area contributed by atoms with Gasteiger partial charge in [-0.1, -0.05) is 0 Å². The zero-order valence-corrected chi connectivity index (χ0v) is 13.1. The molecule has 1 aromatic rings. The molecule has 22 heavy (non-hydrogen) atoms. The van der Waals surface area contributed by atoms with Crippen LogP contribution < -0.4 is 10.6 Å². The lowest BCUT2D eigenvalue weighted by molar-refractivity contribution is -0.144. The lowest BCUT2D eigenvalue weighted by atomic mass is 9.87. The molecule has 0 saturated heterocycles. The Bertz CT molecular complexity index is 584. The highest BCUT2D eigenvalue weighted by Gasteiger charge is 2.28. The molecule has 2 aliphatic rings. The lowest BCUT2D eigenvalue weighted by Gasteiger charge is -2.37. The van der Waals surface area contributed by atoms with Gasteiger partial charge < -0.3 is 20.5 Å². The number of phenolic OH excluding ortho intramolecular Hbond substituents is 1. The van der Waals surface area contributed by atoms with Crippen molar-refractivity contribution in [2.24, 2.45) is 5.73 Å². The summed E-state index contributed by atoms with van der Waals surface area (Å²) in [6, 6.07) is 1.31. The Kier molecular flexibility index (Phi) is 4.25. The maximum atomic E-state index is 11.7. The summed E-state index contributed by atoms with van der Waals surface area (Å²) < 4.78 is 4.96. The van der Waals surface area contributed by atoms with E-state index in [1.54, 1.807) is 6.92 Å². The average molecular weight is 304 g/mol. The molecule has 0 saturated carbocycles. The number of anilines is 1. The first-order valence-corrected chi connectivity index (χ1v) is 8.15. The molecule has 5 heteroatoms. The molecule has 0 radical (unpaired) electrons. The Balaban J connectivity index is 1.91. The molecule has 0 amide bonds. The highest BCUT2D eigenvalue weighted by molar-refractivity contribution is 5.76. The Labute approximate surface area is 131 Å². The van der Waals surface area contributed by atoms with Crippen molar-refractivity contribution >= 4 is 11.7 Å². The third kappa shape index (κ3) is 2.65. The Hall–Kier alpha value is -1.75. The van der Waals surface area contributed by atoms with Crippen LogP contribution in [0.15, 0.2) is 6.07 Å². The van der Waals surface area contributed by atoms with E-state index < -0.39 is 12.0 Å². The topological polar surface area (TPSA) is 75.8 Å². The Morgan fingerprint density at radius 2 is 2.14 bits per heavy atom. The maximum Gasteiger partial charge on any atom is 0.323 e. The third-order valence-corrected chi connectivity index (χ3v) is 4.60. The van der Waals surface area contributed by atoms with E-state index >= 15 is 0 Å². The van der Waals surface area contributed by atoms with Crippen molar-refractivity contribution in [3.05, 3.63) is 22.8 Å². The molecule has 0 bridgehead atoms. The minimum atomic E-state index is -0.723. The molecule has 1 unspecified atom stereocenters. The van der Waals surface area contributed by atoms with Crippen LogP contribution in [0.1, 0.15) is 36.5 Å². The van der Waals surface area contributed by atoms with E-state index in [2.05, 4.69) is 4.90 Å². The first-order valence-electron chi connectivity index (χ1n) is 8.15. The molecule has 2 heterocycles. The molecule has 3 N–H and O–H groups in total. The van der Waals surface area contributed by atoms with Gasteiger partial charge in [0.1, 0.15) is 11.8 Å². The van der Waals surface area contributed by atoms with Crippen molar-refractivity contribution in [2.75, 3.05) is 24.6 Å². The van der Waals surface area contributed by atoms with Crippen LogP contribution in [0, 0.1) is 0 Å². The number of hydrogen-bond acceptors (Lipinski definition) is 5. The monoisotopic (exact) mass is 304 g/mol. The van der Waals surface area contributed by atoms with E-state index in [4.69, 9.17) is 10.5 Å². The van der Waals surface area contributed by atoms with Crippen molar-refractivity contribution in [3.8, 4) is 5.75 Å². The van der Waals surface area contributed by atoms with Gasteiger partial charge >= 0.3 is 5.97 Å². The average Bonchev–Trinajstić information content (AvgIpc) is 2.52. The van der Waals surface area contributed by atoms with Crippen molar-refractivity contribution < 1.29 is 14.6 Å². The first kappa shape index (κ1) is 15.2. The lowest BCUT2D eigenvalue weighted by Crippen LogP contribution is -2.36. The van der Waals surface area contributed by atoms with Gasteiger partial charge in [0.25, 0.3) is 0 Å². The fraction of sp³-hybridized carbons (Fsp3) is 0.588. The summed E-state index contributed by atoms with van der Waals surface area (Å²) in [5.41, 5.74) is 10.2. The van der Waals surface area contributed by atoms with Crippen LogP contribution in [-0.2, 0) is 28.8 Å². The van der Waals surface area contributed by atoms with Gasteiger partial charge in [-0.25, -0.2) is 0 Å². The predicted octanol–water partition coefficient (Wildman–Crippen LogP) is 1.52. The summed E-state index contributed by atoms with van der Waals surface area (Å²) in [6.07, 6.45) is 4.45. The fourth-order valence-corrected chi connectivity index (χ4v) is 3.64. The maximum absolute atomic E-state index is 11.7. The van der Waals surface area contributed by atoms with Crippen molar-refractivity contribution in [3.63, 3.8) is 0 Å². The number of nitrogens with two attached hydrogens (primary N) is 1. The van der Waals surface area contributed by atoms with Crippen LogP contribution in [0.2, 0.25) is 0 Å². The molecule has 3 rings (SSSR count). The second kappa shape index (κ2) is 6.16. The van der Waals surface area contributed by atoms with Crippen molar-refractivity contribution in [1.82, 2.24) is 0 Å². The Morgan fingerprint density at radius 3 is 2.86 bits per heavy atom. The van der Waals surface area contributed by atoms with Gasteiger partial charge in [0.15, 0.2) is 0 Å². The summed E-state index contributed by atoms with van der Waals surface area (Å²) in [5, 5.41) is 10.6. The van der Waals surface area contributed by atoms with Crippen LogP contribution >= 0.6 is 0 Å². The van der Waals surface area contributed by atoms with E-state index in [1.807, 2.05) is 6.07 Å². The number of esters is 1. The fourth-order valence-electron chi connectivity index (χ4n) is 3.64. The zero-order chi connectivity index (χ0) is 15.7. The molecule has 5 nitrogen and oxygen atoms in total. The highest BCUT2D eigenvalue weighted by atomic mass is 16.5. The van der Waals surface area contributed by atoms with E-state index in [0.29, 0.717) is 18.8 Å². The summed E-state index contributed by atoms with van der Waals surface area (Å²) in [5.74, 6) is -0.0833. The summed E-state index contributed by atoms with van der Waals surface area (Å²) >= 11 is 0. The summed E-state index contributed by atoms with van der Waals surface area (Å²) in [6.45, 7) is 4.23. The Morgan fingerprint density at radius 1 is 1.41 bits per heavy atom. The number of aromatic hydroxyl groups is 1. The normalized spacial score (nSPS) is 17.8. The number of carbonyl (C=O) groups excluding carboxylic acids is 1. The second-order valence-corrected chi connectivity index (χ2v) is 6.13. The second-order valence-electron chi connectivity index (χ2n) is 6.13. The molecule has 0 aliphatic carbocycles. The molecule has 2 aliphatic heterocycles. The molecule has 1 atom stereocenters. The molecule has 120 valence electrons. The molecule has 1 aromatic carbocycles. The van der Waals surface area contributed by atoms with Gasteiger partial charge in [-0.2, -0.15) is 0 Å². The van der Waals surface area contributed by atoms with E-state index in [9.17, 15) is 9.90 Å². The molecule has 0 aromatic heterocycles.